The minimum absolute atomic E-state index is 0.0315. The van der Waals surface area contributed by atoms with Gasteiger partial charge in [-0.3, -0.25) is 9.78 Å². The number of primary sulfonamides is 1. The molecule has 8 nitrogen and oxygen atoms in total. The molecule has 3 aromatic rings. The second kappa shape index (κ2) is 8.60. The van der Waals surface area contributed by atoms with E-state index in [4.69, 9.17) is 5.14 Å². The molecule has 0 fully saturated rings. The van der Waals surface area contributed by atoms with Crippen molar-refractivity contribution >= 4 is 15.9 Å². The predicted molar refractivity (Wildman–Crippen MR) is 112 cm³/mol. The quantitative estimate of drug-likeness (QED) is 0.583. The molecule has 12 heteroatoms. The van der Waals surface area contributed by atoms with E-state index in [0.29, 0.717) is 30.7 Å². The van der Waals surface area contributed by atoms with Gasteiger partial charge in [-0.05, 0) is 56.0 Å². The molecule has 0 radical (unpaired) electrons. The lowest BCUT2D eigenvalue weighted by Crippen LogP contribution is -2.26. The molecule has 1 aromatic carbocycles. The molecule has 3 N–H and O–H groups in total. The first-order chi connectivity index (χ1) is 15.6. The molecule has 0 atom stereocenters. The number of hydrogen-bond donors (Lipinski definition) is 2. The normalized spacial score (nSPS) is 14.1. The monoisotopic (exact) mass is 479 g/mol. The van der Waals surface area contributed by atoms with E-state index in [9.17, 15) is 26.4 Å². The van der Waals surface area contributed by atoms with E-state index in [2.05, 4.69) is 15.4 Å². The van der Waals surface area contributed by atoms with Crippen LogP contribution in [0.15, 0.2) is 47.5 Å². The van der Waals surface area contributed by atoms with Gasteiger partial charge in [0.25, 0.3) is 5.91 Å². The van der Waals surface area contributed by atoms with E-state index in [1.165, 1.54) is 6.07 Å². The highest BCUT2D eigenvalue weighted by Gasteiger charge is 2.40. The molecule has 1 amide bonds. The molecule has 0 unspecified atom stereocenters. The maximum absolute atomic E-state index is 13.6. The van der Waals surface area contributed by atoms with Crippen LogP contribution in [0.25, 0.3) is 5.69 Å². The van der Waals surface area contributed by atoms with Gasteiger partial charge in [0.05, 0.1) is 28.4 Å². The number of rotatable bonds is 5. The van der Waals surface area contributed by atoms with E-state index in [1.54, 1.807) is 24.4 Å². The van der Waals surface area contributed by atoms with Crippen LogP contribution < -0.4 is 10.5 Å². The molecule has 2 aromatic heterocycles. The van der Waals surface area contributed by atoms with Crippen LogP contribution in [-0.4, -0.2) is 29.1 Å². The fourth-order valence-corrected chi connectivity index (χ4v) is 4.39. The molecule has 33 heavy (non-hydrogen) atoms. The third-order valence-corrected chi connectivity index (χ3v) is 6.29. The van der Waals surface area contributed by atoms with Crippen LogP contribution in [0, 0.1) is 0 Å². The molecular weight excluding hydrogens is 459 g/mol. The van der Waals surface area contributed by atoms with Crippen molar-refractivity contribution in [3.05, 3.63) is 70.8 Å². The number of halogens is 3. The van der Waals surface area contributed by atoms with Crippen molar-refractivity contribution < 1.29 is 26.4 Å². The standard InChI is InChI=1S/C21H20F3N5O3S/c22-21(23,24)19-15-6-1-2-7-17(15)29(28-19)18-9-8-14(33(25,31)32)11-16(18)20(30)27-12-13-5-3-4-10-26-13/h3-5,8-11H,1-2,6-7,12H2,(H,27,30)(H2,25,31,32). The summed E-state index contributed by atoms with van der Waals surface area (Å²) < 4.78 is 65.7. The first-order valence-corrected chi connectivity index (χ1v) is 11.6. The highest BCUT2D eigenvalue weighted by Crippen LogP contribution is 2.37. The van der Waals surface area contributed by atoms with Crippen LogP contribution in [0.2, 0.25) is 0 Å². The van der Waals surface area contributed by atoms with Gasteiger partial charge in [0, 0.05) is 17.5 Å². The molecule has 0 aliphatic heterocycles. The van der Waals surface area contributed by atoms with Crippen molar-refractivity contribution in [2.75, 3.05) is 0 Å². The summed E-state index contributed by atoms with van der Waals surface area (Å²) in [5.74, 6) is -0.699. The zero-order chi connectivity index (χ0) is 23.8. The van der Waals surface area contributed by atoms with Crippen LogP contribution in [-0.2, 0) is 35.6 Å². The van der Waals surface area contributed by atoms with E-state index in [1.807, 2.05) is 0 Å². The number of benzene rings is 1. The van der Waals surface area contributed by atoms with Gasteiger partial charge in [-0.2, -0.15) is 18.3 Å². The number of hydrogen-bond acceptors (Lipinski definition) is 5. The summed E-state index contributed by atoms with van der Waals surface area (Å²) in [6.45, 7) is 0.0315. The molecule has 2 heterocycles. The van der Waals surface area contributed by atoms with Gasteiger partial charge in [-0.25, -0.2) is 18.2 Å². The number of carbonyl (C=O) groups excluding carboxylic acids is 1. The van der Waals surface area contributed by atoms with Crippen LogP contribution in [0.4, 0.5) is 13.2 Å². The van der Waals surface area contributed by atoms with Crippen LogP contribution >= 0.6 is 0 Å². The number of alkyl halides is 3. The Hall–Kier alpha value is -3.25. The van der Waals surface area contributed by atoms with Gasteiger partial charge in [0.15, 0.2) is 5.69 Å². The SMILES string of the molecule is NS(=O)(=O)c1ccc(-n2nc(C(F)(F)F)c3c2CCCC3)c(C(=O)NCc2ccccn2)c1. The smallest absolute Gasteiger partial charge is 0.346 e. The first kappa shape index (κ1) is 22.9. The third kappa shape index (κ3) is 4.76. The van der Waals surface area contributed by atoms with Crippen molar-refractivity contribution in [3.8, 4) is 5.69 Å². The summed E-state index contributed by atoms with van der Waals surface area (Å²) in [5, 5.41) is 11.6. The van der Waals surface area contributed by atoms with Gasteiger partial charge in [-0.1, -0.05) is 6.07 Å². The number of fused-ring (bicyclic) bond motifs is 1. The average molecular weight is 479 g/mol. The molecule has 1 aliphatic rings. The summed E-state index contributed by atoms with van der Waals surface area (Å²) >= 11 is 0. The number of nitrogens with one attached hydrogen (secondary N) is 1. The number of nitrogens with zero attached hydrogens (tertiary/aromatic N) is 3. The molecule has 4 rings (SSSR count). The fourth-order valence-electron chi connectivity index (χ4n) is 3.85. The van der Waals surface area contributed by atoms with Crippen LogP contribution in [0.5, 0.6) is 0 Å². The molecule has 0 saturated carbocycles. The summed E-state index contributed by atoms with van der Waals surface area (Å²) in [5.41, 5.74) is -0.116. The molecule has 0 bridgehead atoms. The van der Waals surface area contributed by atoms with Crippen molar-refractivity contribution in [1.29, 1.82) is 0 Å². The number of nitrogens with two attached hydrogens (primary N) is 1. The number of amides is 1. The van der Waals surface area contributed by atoms with Crippen molar-refractivity contribution in [2.24, 2.45) is 5.14 Å². The van der Waals surface area contributed by atoms with Gasteiger partial charge < -0.3 is 5.32 Å². The highest BCUT2D eigenvalue weighted by molar-refractivity contribution is 7.89. The summed E-state index contributed by atoms with van der Waals surface area (Å²) in [4.78, 5) is 16.8. The lowest BCUT2D eigenvalue weighted by Gasteiger charge is -2.17. The topological polar surface area (TPSA) is 120 Å². The van der Waals surface area contributed by atoms with Crippen LogP contribution in [0.3, 0.4) is 0 Å². The maximum Gasteiger partial charge on any atom is 0.435 e. The fraction of sp³-hybridized carbons (Fsp3) is 0.286. The highest BCUT2D eigenvalue weighted by atomic mass is 32.2. The number of sulfonamides is 1. The van der Waals surface area contributed by atoms with E-state index < -0.39 is 27.8 Å². The van der Waals surface area contributed by atoms with Gasteiger partial charge in [0.2, 0.25) is 10.0 Å². The maximum atomic E-state index is 13.6. The summed E-state index contributed by atoms with van der Waals surface area (Å²) in [7, 11) is -4.16. The molecule has 0 spiro atoms. The van der Waals surface area contributed by atoms with Gasteiger partial charge in [0.1, 0.15) is 0 Å². The minimum atomic E-state index is -4.66. The Morgan fingerprint density at radius 3 is 2.58 bits per heavy atom. The number of aromatic nitrogens is 3. The van der Waals surface area contributed by atoms with Crippen LogP contribution in [0.1, 0.15) is 45.8 Å². The Morgan fingerprint density at radius 2 is 1.91 bits per heavy atom. The summed E-state index contributed by atoms with van der Waals surface area (Å²) in [6.07, 6.45) is -1.27. The molecule has 1 aliphatic carbocycles. The van der Waals surface area contributed by atoms with E-state index >= 15 is 0 Å². The molecule has 0 saturated heterocycles. The van der Waals surface area contributed by atoms with Crippen molar-refractivity contribution in [2.45, 2.75) is 43.3 Å². The first-order valence-electron chi connectivity index (χ1n) is 10.1. The zero-order valence-corrected chi connectivity index (χ0v) is 18.1. The lowest BCUT2D eigenvalue weighted by molar-refractivity contribution is -0.142. The van der Waals surface area contributed by atoms with Crippen molar-refractivity contribution in [3.63, 3.8) is 0 Å². The van der Waals surface area contributed by atoms with Gasteiger partial charge >= 0.3 is 6.18 Å². The van der Waals surface area contributed by atoms with Crippen molar-refractivity contribution in [1.82, 2.24) is 20.1 Å². The third-order valence-electron chi connectivity index (χ3n) is 5.37. The minimum Gasteiger partial charge on any atom is -0.346 e. The Bertz CT molecular complexity index is 1300. The number of pyridine rings is 1. The Morgan fingerprint density at radius 1 is 1.15 bits per heavy atom. The summed E-state index contributed by atoms with van der Waals surface area (Å²) in [6, 6.07) is 8.56. The Kier molecular flexibility index (Phi) is 5.97. The van der Waals surface area contributed by atoms with E-state index in [-0.39, 0.29) is 34.7 Å². The second-order valence-corrected chi connectivity index (χ2v) is 9.18. The average Bonchev–Trinajstić information content (AvgIpc) is 3.17. The largest absolute Gasteiger partial charge is 0.435 e. The zero-order valence-electron chi connectivity index (χ0n) is 17.3. The predicted octanol–water partition coefficient (Wildman–Crippen LogP) is 2.74. The second-order valence-electron chi connectivity index (χ2n) is 7.62. The van der Waals surface area contributed by atoms with E-state index in [0.717, 1.165) is 16.8 Å². The van der Waals surface area contributed by atoms with Gasteiger partial charge in [-0.15, -0.1) is 0 Å². The number of carbonyl (C=O) groups is 1. The molecule has 174 valence electrons. The Balaban J connectivity index is 1.82. The molecular formula is C21H20F3N5O3S. The Labute approximate surface area is 187 Å². The lowest BCUT2D eigenvalue weighted by atomic mass is 9.95.